The summed E-state index contributed by atoms with van der Waals surface area (Å²) in [5, 5.41) is 21.6. The quantitative estimate of drug-likeness (QED) is 0.848. The van der Waals surface area contributed by atoms with Gasteiger partial charge in [0.05, 0.1) is 5.56 Å². The molecule has 0 unspecified atom stereocenters. The number of aliphatic carboxylic acids is 1. The summed E-state index contributed by atoms with van der Waals surface area (Å²) in [6, 6.07) is 2.46. The van der Waals surface area contributed by atoms with Crippen LogP contribution >= 0.6 is 0 Å². The molecule has 21 heavy (non-hydrogen) atoms. The van der Waals surface area contributed by atoms with Crippen molar-refractivity contribution in [2.75, 3.05) is 0 Å². The molecule has 1 heterocycles. The largest absolute Gasteiger partial charge is 0.508 e. The summed E-state index contributed by atoms with van der Waals surface area (Å²) >= 11 is 0. The fraction of sp³-hybridized carbons (Fsp3) is 0.0833. The van der Waals surface area contributed by atoms with Crippen molar-refractivity contribution in [1.29, 1.82) is 0 Å². The minimum Gasteiger partial charge on any atom is -0.508 e. The Morgan fingerprint density at radius 2 is 2.00 bits per heavy atom. The molecule has 9 heteroatoms. The summed E-state index contributed by atoms with van der Waals surface area (Å²) in [4.78, 5) is 14.1. The first-order valence-electron chi connectivity index (χ1n) is 5.49. The van der Waals surface area contributed by atoms with Gasteiger partial charge in [-0.2, -0.15) is 13.2 Å². The maximum absolute atomic E-state index is 12.6. The molecule has 0 amide bonds. The molecule has 1 aromatic heterocycles. The molecule has 6 nitrogen and oxygen atoms in total. The van der Waals surface area contributed by atoms with Gasteiger partial charge in [-0.1, -0.05) is 0 Å². The Kier molecular flexibility index (Phi) is 3.66. The number of carboxylic acids is 1. The van der Waals surface area contributed by atoms with Crippen molar-refractivity contribution in [1.82, 2.24) is 14.8 Å². The number of aromatic hydroxyl groups is 1. The van der Waals surface area contributed by atoms with Crippen LogP contribution in [0.1, 0.15) is 5.56 Å². The number of hydrogen-bond donors (Lipinski definition) is 2. The van der Waals surface area contributed by atoms with Crippen LogP contribution in [0.15, 0.2) is 30.6 Å². The lowest BCUT2D eigenvalue weighted by atomic mass is 10.1. The first-order valence-corrected chi connectivity index (χ1v) is 5.49. The molecule has 2 N–H and O–H groups in total. The van der Waals surface area contributed by atoms with E-state index >= 15 is 0 Å². The van der Waals surface area contributed by atoms with Crippen LogP contribution in [-0.4, -0.2) is 30.9 Å². The van der Waals surface area contributed by atoms with Crippen molar-refractivity contribution in [3.63, 3.8) is 0 Å². The van der Waals surface area contributed by atoms with E-state index in [2.05, 4.69) is 10.1 Å². The van der Waals surface area contributed by atoms with Gasteiger partial charge >= 0.3 is 12.1 Å². The lowest BCUT2D eigenvalue weighted by Gasteiger charge is -2.08. The minimum atomic E-state index is -4.61. The number of halogens is 3. The Morgan fingerprint density at radius 1 is 1.29 bits per heavy atom. The molecule has 0 bridgehead atoms. The molecule has 0 aliphatic rings. The van der Waals surface area contributed by atoms with Gasteiger partial charge in [0.1, 0.15) is 12.1 Å². The van der Waals surface area contributed by atoms with E-state index in [9.17, 15) is 23.1 Å². The molecule has 0 spiro atoms. The number of carboxylic acid groups (broad SMARTS) is 1. The summed E-state index contributed by atoms with van der Waals surface area (Å²) in [5.41, 5.74) is -1.07. The Balaban J connectivity index is 2.39. The highest BCUT2D eigenvalue weighted by Crippen LogP contribution is 2.34. The smallest absolute Gasteiger partial charge is 0.416 e. The van der Waals surface area contributed by atoms with Crippen LogP contribution in [0.4, 0.5) is 13.2 Å². The Labute approximate surface area is 115 Å². The van der Waals surface area contributed by atoms with Crippen LogP contribution in [0.3, 0.4) is 0 Å². The standard InChI is InChI=1S/C12H8F3N3O3/c13-12(14,15)8-3-7(4-9(19)5-8)11-16-6-18(17-11)2-1-10(20)21/h1-6,19H,(H,20,21)/b2-1-. The normalized spacial score (nSPS) is 12.0. The van der Waals surface area contributed by atoms with Gasteiger partial charge in [0.2, 0.25) is 0 Å². The second-order valence-electron chi connectivity index (χ2n) is 3.97. The molecule has 2 aromatic rings. The number of rotatable bonds is 3. The number of phenolic OH excluding ortho intramolecular Hbond substituents is 1. The van der Waals surface area contributed by atoms with E-state index in [1.807, 2.05) is 0 Å². The van der Waals surface area contributed by atoms with Crippen molar-refractivity contribution < 1.29 is 28.2 Å². The summed E-state index contributed by atoms with van der Waals surface area (Å²) in [6.07, 6.45) is -1.61. The van der Waals surface area contributed by atoms with Gasteiger partial charge in [0.15, 0.2) is 5.82 Å². The first-order chi connectivity index (χ1) is 9.75. The molecule has 0 atom stereocenters. The van der Waals surface area contributed by atoms with E-state index in [1.54, 1.807) is 0 Å². The second-order valence-corrected chi connectivity index (χ2v) is 3.97. The average molecular weight is 299 g/mol. The molecule has 2 rings (SSSR count). The molecule has 0 aliphatic heterocycles. The van der Waals surface area contributed by atoms with Gasteiger partial charge in [-0.25, -0.2) is 14.5 Å². The topological polar surface area (TPSA) is 88.2 Å². The monoisotopic (exact) mass is 299 g/mol. The molecule has 0 saturated heterocycles. The number of phenols is 1. The van der Waals surface area contributed by atoms with Gasteiger partial charge in [-0.3, -0.25) is 0 Å². The Hall–Kier alpha value is -2.84. The van der Waals surface area contributed by atoms with Gasteiger partial charge in [-0.15, -0.1) is 5.10 Å². The molecule has 1 aromatic carbocycles. The van der Waals surface area contributed by atoms with Gasteiger partial charge in [-0.05, 0) is 18.2 Å². The highest BCUT2D eigenvalue weighted by atomic mass is 19.4. The highest BCUT2D eigenvalue weighted by Gasteiger charge is 2.31. The van der Waals surface area contributed by atoms with E-state index in [0.29, 0.717) is 6.07 Å². The second kappa shape index (κ2) is 5.27. The molecule has 0 aliphatic carbocycles. The number of alkyl halides is 3. The van der Waals surface area contributed by atoms with Crippen LogP contribution in [-0.2, 0) is 11.0 Å². The Morgan fingerprint density at radius 3 is 2.62 bits per heavy atom. The predicted octanol–water partition coefficient (Wildman–Crippen LogP) is 2.22. The number of benzene rings is 1. The zero-order chi connectivity index (χ0) is 15.6. The number of hydrogen-bond acceptors (Lipinski definition) is 4. The predicted molar refractivity (Wildman–Crippen MR) is 65.1 cm³/mol. The van der Waals surface area contributed by atoms with Crippen molar-refractivity contribution >= 4 is 12.2 Å². The molecular weight excluding hydrogens is 291 g/mol. The summed E-state index contributed by atoms with van der Waals surface area (Å²) in [7, 11) is 0. The molecule has 0 saturated carbocycles. The minimum absolute atomic E-state index is 0.0372. The third kappa shape index (κ3) is 3.59. The third-order valence-electron chi connectivity index (χ3n) is 2.38. The maximum atomic E-state index is 12.6. The summed E-state index contributed by atoms with van der Waals surface area (Å²) in [5.74, 6) is -1.85. The molecule has 0 radical (unpaired) electrons. The molecular formula is C12H8F3N3O3. The fourth-order valence-corrected chi connectivity index (χ4v) is 1.52. The van der Waals surface area contributed by atoms with Crippen LogP contribution in [0.2, 0.25) is 0 Å². The van der Waals surface area contributed by atoms with E-state index in [4.69, 9.17) is 5.11 Å². The molecule has 110 valence electrons. The summed E-state index contributed by atoms with van der Waals surface area (Å²) < 4.78 is 39.0. The SMILES string of the molecule is O=C(O)/C=C\n1cnc(-c2cc(O)cc(C(F)(F)F)c2)n1. The highest BCUT2D eigenvalue weighted by molar-refractivity contribution is 5.82. The van der Waals surface area contributed by atoms with E-state index < -0.39 is 23.5 Å². The van der Waals surface area contributed by atoms with Gasteiger partial charge in [0, 0.05) is 17.8 Å². The van der Waals surface area contributed by atoms with Gasteiger partial charge < -0.3 is 10.2 Å². The maximum Gasteiger partial charge on any atom is 0.416 e. The van der Waals surface area contributed by atoms with E-state index in [1.165, 1.54) is 0 Å². The Bertz CT molecular complexity index is 707. The number of carbonyl (C=O) groups is 1. The lowest BCUT2D eigenvalue weighted by molar-refractivity contribution is -0.137. The van der Waals surface area contributed by atoms with E-state index in [-0.39, 0.29) is 11.4 Å². The van der Waals surface area contributed by atoms with Crippen LogP contribution in [0.5, 0.6) is 5.75 Å². The van der Waals surface area contributed by atoms with Crippen LogP contribution in [0.25, 0.3) is 17.6 Å². The van der Waals surface area contributed by atoms with Crippen molar-refractivity contribution in [2.24, 2.45) is 0 Å². The summed E-state index contributed by atoms with van der Waals surface area (Å²) in [6.45, 7) is 0. The van der Waals surface area contributed by atoms with Crippen molar-refractivity contribution in [3.05, 3.63) is 36.2 Å². The van der Waals surface area contributed by atoms with Crippen molar-refractivity contribution in [2.45, 2.75) is 6.18 Å². The van der Waals surface area contributed by atoms with Crippen LogP contribution in [0, 0.1) is 0 Å². The first kappa shape index (κ1) is 14.6. The van der Waals surface area contributed by atoms with Gasteiger partial charge in [0.25, 0.3) is 0 Å². The fourth-order valence-electron chi connectivity index (χ4n) is 1.52. The zero-order valence-electron chi connectivity index (χ0n) is 10.2. The molecule has 0 fully saturated rings. The third-order valence-corrected chi connectivity index (χ3v) is 2.38. The van der Waals surface area contributed by atoms with E-state index in [0.717, 1.165) is 35.4 Å². The number of nitrogens with zero attached hydrogens (tertiary/aromatic N) is 3. The van der Waals surface area contributed by atoms with Crippen molar-refractivity contribution in [3.8, 4) is 17.1 Å². The average Bonchev–Trinajstić information content (AvgIpc) is 2.83. The number of aromatic nitrogens is 3. The zero-order valence-corrected chi connectivity index (χ0v) is 10.2. The van der Waals surface area contributed by atoms with Crippen LogP contribution < -0.4 is 0 Å². The lowest BCUT2D eigenvalue weighted by Crippen LogP contribution is -2.04.